The Morgan fingerprint density at radius 3 is 2.57 bits per heavy atom. The molecule has 1 saturated heterocycles. The summed E-state index contributed by atoms with van der Waals surface area (Å²) in [5, 5.41) is 0. The Labute approximate surface area is 86.7 Å². The van der Waals surface area contributed by atoms with E-state index in [0.29, 0.717) is 17.7 Å². The first-order valence-corrected chi connectivity index (χ1v) is 6.04. The zero-order chi connectivity index (χ0) is 10.0. The van der Waals surface area contributed by atoms with E-state index in [1.807, 2.05) is 6.92 Å². The van der Waals surface area contributed by atoms with Gasteiger partial charge in [-0.2, -0.15) is 0 Å². The molecule has 0 aromatic heterocycles. The molecular formula is C12H21NO. The zero-order valence-electron chi connectivity index (χ0n) is 9.22. The third kappa shape index (κ3) is 1.79. The smallest absolute Gasteiger partial charge is 0.222 e. The first-order chi connectivity index (χ1) is 6.76. The fourth-order valence-electron chi connectivity index (χ4n) is 3.08. The second kappa shape index (κ2) is 3.92. The molecule has 2 fully saturated rings. The van der Waals surface area contributed by atoms with Gasteiger partial charge in [0.2, 0.25) is 5.91 Å². The standard InChI is InChI=1S/C12H21NO/c1-2-11(14)13-9-8-12(10-13)6-4-3-5-7-12/h2-10H2,1H3. The van der Waals surface area contributed by atoms with Gasteiger partial charge in [-0.3, -0.25) is 4.79 Å². The van der Waals surface area contributed by atoms with E-state index in [9.17, 15) is 4.79 Å². The van der Waals surface area contributed by atoms with Crippen molar-refractivity contribution in [2.24, 2.45) is 5.41 Å². The summed E-state index contributed by atoms with van der Waals surface area (Å²) in [6.07, 6.45) is 8.83. The summed E-state index contributed by atoms with van der Waals surface area (Å²) in [6.45, 7) is 4.04. The van der Waals surface area contributed by atoms with Crippen molar-refractivity contribution in [1.82, 2.24) is 4.90 Å². The number of rotatable bonds is 1. The molecule has 1 saturated carbocycles. The molecule has 0 radical (unpaired) electrons. The Bertz CT molecular complexity index is 218. The summed E-state index contributed by atoms with van der Waals surface area (Å²) in [5.74, 6) is 0.354. The lowest BCUT2D eigenvalue weighted by molar-refractivity contribution is -0.130. The fraction of sp³-hybridized carbons (Fsp3) is 0.917. The number of amides is 1. The van der Waals surface area contributed by atoms with E-state index in [4.69, 9.17) is 0 Å². The second-order valence-corrected chi connectivity index (χ2v) is 4.98. The van der Waals surface area contributed by atoms with Gasteiger partial charge in [0.1, 0.15) is 0 Å². The van der Waals surface area contributed by atoms with Gasteiger partial charge in [-0.25, -0.2) is 0 Å². The van der Waals surface area contributed by atoms with Gasteiger partial charge in [0.25, 0.3) is 0 Å². The third-order valence-corrected chi connectivity index (χ3v) is 4.01. The molecule has 80 valence electrons. The summed E-state index contributed by atoms with van der Waals surface area (Å²) < 4.78 is 0. The predicted molar refractivity (Wildman–Crippen MR) is 57.0 cm³/mol. The monoisotopic (exact) mass is 195 g/mol. The zero-order valence-corrected chi connectivity index (χ0v) is 9.22. The van der Waals surface area contributed by atoms with Crippen molar-refractivity contribution in [3.05, 3.63) is 0 Å². The van der Waals surface area contributed by atoms with Crippen LogP contribution in [0.5, 0.6) is 0 Å². The Hall–Kier alpha value is -0.530. The van der Waals surface area contributed by atoms with Gasteiger partial charge in [0.05, 0.1) is 0 Å². The molecular weight excluding hydrogens is 174 g/mol. The van der Waals surface area contributed by atoms with Gasteiger partial charge in [-0.1, -0.05) is 26.2 Å². The van der Waals surface area contributed by atoms with Crippen molar-refractivity contribution in [3.8, 4) is 0 Å². The van der Waals surface area contributed by atoms with Crippen molar-refractivity contribution in [2.45, 2.75) is 51.9 Å². The van der Waals surface area contributed by atoms with Crippen molar-refractivity contribution in [1.29, 1.82) is 0 Å². The Balaban J connectivity index is 1.95. The maximum absolute atomic E-state index is 11.6. The van der Waals surface area contributed by atoms with Crippen LogP contribution in [0.15, 0.2) is 0 Å². The number of nitrogens with zero attached hydrogens (tertiary/aromatic N) is 1. The highest BCUT2D eigenvalue weighted by atomic mass is 16.2. The first-order valence-electron chi connectivity index (χ1n) is 6.04. The van der Waals surface area contributed by atoms with Crippen LogP contribution >= 0.6 is 0 Å². The highest BCUT2D eigenvalue weighted by Crippen LogP contribution is 2.43. The summed E-state index contributed by atoms with van der Waals surface area (Å²) in [4.78, 5) is 13.7. The predicted octanol–water partition coefficient (Wildman–Crippen LogP) is 2.58. The molecule has 0 unspecified atom stereocenters. The number of carbonyl (C=O) groups excluding carboxylic acids is 1. The fourth-order valence-corrected chi connectivity index (χ4v) is 3.08. The summed E-state index contributed by atoms with van der Waals surface area (Å²) in [5.41, 5.74) is 0.531. The second-order valence-electron chi connectivity index (χ2n) is 4.98. The van der Waals surface area contributed by atoms with Gasteiger partial charge in [-0.15, -0.1) is 0 Å². The van der Waals surface area contributed by atoms with Gasteiger partial charge in [0, 0.05) is 19.5 Å². The van der Waals surface area contributed by atoms with Crippen molar-refractivity contribution in [2.75, 3.05) is 13.1 Å². The van der Waals surface area contributed by atoms with E-state index in [2.05, 4.69) is 4.90 Å². The van der Waals surface area contributed by atoms with Crippen LogP contribution in [0, 0.1) is 5.41 Å². The number of carbonyl (C=O) groups is 1. The van der Waals surface area contributed by atoms with E-state index < -0.39 is 0 Å². The van der Waals surface area contributed by atoms with E-state index in [1.54, 1.807) is 0 Å². The molecule has 2 heteroatoms. The van der Waals surface area contributed by atoms with E-state index >= 15 is 0 Å². The summed E-state index contributed by atoms with van der Waals surface area (Å²) >= 11 is 0. The van der Waals surface area contributed by atoms with Gasteiger partial charge < -0.3 is 4.90 Å². The summed E-state index contributed by atoms with van der Waals surface area (Å²) in [6, 6.07) is 0. The Morgan fingerprint density at radius 2 is 1.93 bits per heavy atom. The average molecular weight is 195 g/mol. The summed E-state index contributed by atoms with van der Waals surface area (Å²) in [7, 11) is 0. The van der Waals surface area contributed by atoms with E-state index in [-0.39, 0.29) is 0 Å². The van der Waals surface area contributed by atoms with Gasteiger partial charge >= 0.3 is 0 Å². The lowest BCUT2D eigenvalue weighted by Gasteiger charge is -2.33. The van der Waals surface area contributed by atoms with Gasteiger partial charge in [0.15, 0.2) is 0 Å². The molecule has 1 heterocycles. The molecule has 14 heavy (non-hydrogen) atoms. The quantitative estimate of drug-likeness (QED) is 0.629. The van der Waals surface area contributed by atoms with Crippen molar-refractivity contribution in [3.63, 3.8) is 0 Å². The maximum Gasteiger partial charge on any atom is 0.222 e. The van der Waals surface area contributed by atoms with Crippen LogP contribution in [0.25, 0.3) is 0 Å². The molecule has 2 rings (SSSR count). The normalized spacial score (nSPS) is 25.6. The first kappa shape index (κ1) is 10.0. The minimum atomic E-state index is 0.354. The number of hydrogen-bond donors (Lipinski definition) is 0. The van der Waals surface area contributed by atoms with Crippen molar-refractivity contribution >= 4 is 5.91 Å². The number of likely N-dealkylation sites (tertiary alicyclic amines) is 1. The topological polar surface area (TPSA) is 20.3 Å². The molecule has 1 aliphatic carbocycles. The van der Waals surface area contributed by atoms with Crippen LogP contribution in [-0.4, -0.2) is 23.9 Å². The minimum Gasteiger partial charge on any atom is -0.342 e. The van der Waals surface area contributed by atoms with Crippen LogP contribution < -0.4 is 0 Å². The van der Waals surface area contributed by atoms with Crippen molar-refractivity contribution < 1.29 is 4.79 Å². The SMILES string of the molecule is CCC(=O)N1CCC2(CCCCC2)C1. The van der Waals surface area contributed by atoms with Crippen LogP contribution in [0.3, 0.4) is 0 Å². The van der Waals surface area contributed by atoms with Crippen LogP contribution in [0.2, 0.25) is 0 Å². The molecule has 0 atom stereocenters. The molecule has 2 nitrogen and oxygen atoms in total. The Morgan fingerprint density at radius 1 is 1.21 bits per heavy atom. The van der Waals surface area contributed by atoms with Crippen LogP contribution in [0.1, 0.15) is 51.9 Å². The Kier molecular flexibility index (Phi) is 2.80. The molecule has 0 aromatic carbocycles. The largest absolute Gasteiger partial charge is 0.342 e. The molecule has 0 bridgehead atoms. The molecule has 0 aromatic rings. The number of hydrogen-bond acceptors (Lipinski definition) is 1. The van der Waals surface area contributed by atoms with E-state index in [0.717, 1.165) is 13.1 Å². The molecule has 1 amide bonds. The van der Waals surface area contributed by atoms with Crippen LogP contribution in [0.4, 0.5) is 0 Å². The lowest BCUT2D eigenvalue weighted by atomic mass is 9.73. The lowest BCUT2D eigenvalue weighted by Crippen LogP contribution is -2.32. The van der Waals surface area contributed by atoms with E-state index in [1.165, 1.54) is 38.5 Å². The maximum atomic E-state index is 11.6. The minimum absolute atomic E-state index is 0.354. The molecule has 2 aliphatic rings. The molecule has 0 N–H and O–H groups in total. The average Bonchev–Trinajstić information content (AvgIpc) is 2.62. The van der Waals surface area contributed by atoms with Crippen LogP contribution in [-0.2, 0) is 4.79 Å². The van der Waals surface area contributed by atoms with Gasteiger partial charge in [-0.05, 0) is 24.7 Å². The third-order valence-electron chi connectivity index (χ3n) is 4.01. The highest BCUT2D eigenvalue weighted by molar-refractivity contribution is 5.76. The molecule has 1 spiro atoms. The highest BCUT2D eigenvalue weighted by Gasteiger charge is 2.39. The molecule has 1 aliphatic heterocycles.